The number of nitrogens with zero attached hydrogens (tertiary/aromatic N) is 1. The molecule has 0 aliphatic carbocycles. The van der Waals surface area contributed by atoms with Crippen molar-refractivity contribution in [3.05, 3.63) is 64.7 Å². The lowest BCUT2D eigenvalue weighted by molar-refractivity contribution is -0.0586. The molecule has 1 heterocycles. The molecule has 8 heteroatoms. The van der Waals surface area contributed by atoms with Crippen molar-refractivity contribution in [2.45, 2.75) is 37.5 Å². The number of amides is 1. The van der Waals surface area contributed by atoms with Crippen LogP contribution in [0.4, 0.5) is 0 Å². The van der Waals surface area contributed by atoms with E-state index in [4.69, 9.17) is 16.3 Å². The smallest absolute Gasteiger partial charge is 0.254 e. The van der Waals surface area contributed by atoms with E-state index in [2.05, 4.69) is 4.72 Å². The topological polar surface area (TPSA) is 75.7 Å². The molecule has 150 valence electrons. The summed E-state index contributed by atoms with van der Waals surface area (Å²) in [5.74, 6) is -0.0481. The Morgan fingerprint density at radius 1 is 1.14 bits per heavy atom. The van der Waals surface area contributed by atoms with Gasteiger partial charge in [0.25, 0.3) is 5.91 Å². The molecule has 1 aliphatic heterocycles. The minimum Gasteiger partial charge on any atom is -0.372 e. The lowest BCUT2D eigenvalue weighted by atomic mass is 10.1. The predicted octanol–water partition coefficient (Wildman–Crippen LogP) is 3.07. The maximum absolute atomic E-state index is 12.7. The number of rotatable bonds is 5. The van der Waals surface area contributed by atoms with E-state index >= 15 is 0 Å². The Morgan fingerprint density at radius 2 is 1.79 bits per heavy atom. The zero-order chi connectivity index (χ0) is 20.3. The quantitative estimate of drug-likeness (QED) is 0.803. The van der Waals surface area contributed by atoms with Crippen LogP contribution in [0.15, 0.2) is 53.4 Å². The maximum atomic E-state index is 12.7. The van der Waals surface area contributed by atoms with Crippen LogP contribution in [0.25, 0.3) is 0 Å². The number of halogens is 1. The van der Waals surface area contributed by atoms with Gasteiger partial charge >= 0.3 is 0 Å². The SMILES string of the molecule is C[C@@H]1CN(C(=O)c2ccc(CNS(=O)(=O)c3cccc(Cl)c3)cc2)C[C@H](C)O1. The molecule has 1 saturated heterocycles. The Balaban J connectivity index is 1.64. The number of sulfonamides is 1. The van der Waals surface area contributed by atoms with E-state index < -0.39 is 10.0 Å². The third-order valence-corrected chi connectivity index (χ3v) is 6.11. The van der Waals surface area contributed by atoms with Crippen LogP contribution >= 0.6 is 11.6 Å². The summed E-state index contributed by atoms with van der Waals surface area (Å²) >= 11 is 5.86. The standard InChI is InChI=1S/C20H23ClN2O4S/c1-14-12-23(13-15(2)27-14)20(24)17-8-6-16(7-9-17)11-22-28(25,26)19-5-3-4-18(21)10-19/h3-10,14-15,22H,11-13H2,1-2H3/t14-,15+. The Hall–Kier alpha value is -1.93. The summed E-state index contributed by atoms with van der Waals surface area (Å²) in [7, 11) is -3.66. The highest BCUT2D eigenvalue weighted by Crippen LogP contribution is 2.17. The highest BCUT2D eigenvalue weighted by atomic mass is 35.5. The first-order chi connectivity index (χ1) is 13.2. The van der Waals surface area contributed by atoms with Crippen molar-refractivity contribution >= 4 is 27.5 Å². The summed E-state index contributed by atoms with van der Waals surface area (Å²) < 4.78 is 32.9. The molecule has 3 rings (SSSR count). The van der Waals surface area contributed by atoms with Gasteiger partial charge in [0.2, 0.25) is 10.0 Å². The van der Waals surface area contributed by atoms with Gasteiger partial charge in [-0.1, -0.05) is 29.8 Å². The minimum atomic E-state index is -3.66. The van der Waals surface area contributed by atoms with Crippen LogP contribution in [0.1, 0.15) is 29.8 Å². The Morgan fingerprint density at radius 3 is 2.39 bits per heavy atom. The zero-order valence-electron chi connectivity index (χ0n) is 15.8. The third kappa shape index (κ3) is 5.11. The van der Waals surface area contributed by atoms with Gasteiger partial charge < -0.3 is 9.64 Å². The molecule has 0 spiro atoms. The van der Waals surface area contributed by atoms with Crippen LogP contribution in [0.3, 0.4) is 0 Å². The van der Waals surface area contributed by atoms with Crippen molar-refractivity contribution in [1.29, 1.82) is 0 Å². The van der Waals surface area contributed by atoms with E-state index in [9.17, 15) is 13.2 Å². The summed E-state index contributed by atoms with van der Waals surface area (Å²) in [6, 6.07) is 13.0. The number of nitrogens with one attached hydrogen (secondary N) is 1. The molecule has 2 atom stereocenters. The van der Waals surface area contributed by atoms with Crippen molar-refractivity contribution in [2.75, 3.05) is 13.1 Å². The number of hydrogen-bond acceptors (Lipinski definition) is 4. The van der Waals surface area contributed by atoms with E-state index in [0.29, 0.717) is 23.7 Å². The molecule has 2 aromatic carbocycles. The summed E-state index contributed by atoms with van der Waals surface area (Å²) in [5.41, 5.74) is 1.33. The second kappa shape index (κ2) is 8.61. The average molecular weight is 423 g/mol. The lowest BCUT2D eigenvalue weighted by Crippen LogP contribution is -2.48. The molecule has 28 heavy (non-hydrogen) atoms. The molecule has 0 radical (unpaired) electrons. The molecule has 1 fully saturated rings. The van der Waals surface area contributed by atoms with Crippen molar-refractivity contribution in [3.8, 4) is 0 Å². The monoisotopic (exact) mass is 422 g/mol. The molecule has 1 amide bonds. The third-order valence-electron chi connectivity index (χ3n) is 4.48. The summed E-state index contributed by atoms with van der Waals surface area (Å²) in [5, 5.41) is 0.359. The Labute approximate surface area is 170 Å². The fourth-order valence-corrected chi connectivity index (χ4v) is 4.51. The molecule has 6 nitrogen and oxygen atoms in total. The van der Waals surface area contributed by atoms with Gasteiger partial charge in [0.05, 0.1) is 17.1 Å². The Bertz CT molecular complexity index is 937. The summed E-state index contributed by atoms with van der Waals surface area (Å²) in [6.45, 7) is 5.14. The molecule has 1 aliphatic rings. The fourth-order valence-electron chi connectivity index (χ4n) is 3.19. The van der Waals surface area contributed by atoms with E-state index in [1.807, 2.05) is 13.8 Å². The number of hydrogen-bond donors (Lipinski definition) is 1. The first-order valence-electron chi connectivity index (χ1n) is 9.03. The van der Waals surface area contributed by atoms with Crippen LogP contribution in [0, 0.1) is 0 Å². The maximum Gasteiger partial charge on any atom is 0.254 e. The molecular formula is C20H23ClN2O4S. The van der Waals surface area contributed by atoms with Crippen LogP contribution < -0.4 is 4.72 Å². The van der Waals surface area contributed by atoms with Gasteiger partial charge in [0.1, 0.15) is 0 Å². The molecule has 0 aromatic heterocycles. The zero-order valence-corrected chi connectivity index (χ0v) is 17.3. The van der Waals surface area contributed by atoms with Crippen molar-refractivity contribution < 1.29 is 17.9 Å². The molecule has 2 aromatic rings. The van der Waals surface area contributed by atoms with Gasteiger partial charge in [-0.15, -0.1) is 0 Å². The van der Waals surface area contributed by atoms with Gasteiger partial charge in [0, 0.05) is 30.2 Å². The molecule has 0 saturated carbocycles. The van der Waals surface area contributed by atoms with Crippen LogP contribution in [0.5, 0.6) is 0 Å². The number of morpholine rings is 1. The van der Waals surface area contributed by atoms with Gasteiger partial charge in [-0.3, -0.25) is 4.79 Å². The molecule has 0 unspecified atom stereocenters. The van der Waals surface area contributed by atoms with E-state index in [1.165, 1.54) is 12.1 Å². The summed E-state index contributed by atoms with van der Waals surface area (Å²) in [4.78, 5) is 14.6. The van der Waals surface area contributed by atoms with Crippen LogP contribution in [0.2, 0.25) is 5.02 Å². The predicted molar refractivity (Wildman–Crippen MR) is 108 cm³/mol. The average Bonchev–Trinajstić information content (AvgIpc) is 2.65. The lowest BCUT2D eigenvalue weighted by Gasteiger charge is -2.35. The molecule has 1 N–H and O–H groups in total. The van der Waals surface area contributed by atoms with Gasteiger partial charge in [-0.2, -0.15) is 0 Å². The number of carbonyl (C=O) groups excluding carboxylic acids is 1. The number of benzene rings is 2. The van der Waals surface area contributed by atoms with Gasteiger partial charge in [-0.05, 0) is 49.7 Å². The second-order valence-corrected chi connectivity index (χ2v) is 9.15. The van der Waals surface area contributed by atoms with Crippen molar-refractivity contribution in [1.82, 2.24) is 9.62 Å². The summed E-state index contributed by atoms with van der Waals surface area (Å²) in [6.07, 6.45) is 0.0146. The van der Waals surface area contributed by atoms with Crippen LogP contribution in [-0.4, -0.2) is 44.5 Å². The van der Waals surface area contributed by atoms with E-state index in [1.54, 1.807) is 41.3 Å². The molecule has 0 bridgehead atoms. The fraction of sp³-hybridized carbons (Fsp3) is 0.350. The largest absolute Gasteiger partial charge is 0.372 e. The number of ether oxygens (including phenoxy) is 1. The number of carbonyl (C=O) groups is 1. The highest BCUT2D eigenvalue weighted by molar-refractivity contribution is 7.89. The first kappa shape index (κ1) is 20.8. The second-order valence-electron chi connectivity index (χ2n) is 6.95. The van der Waals surface area contributed by atoms with E-state index in [-0.39, 0.29) is 29.6 Å². The minimum absolute atomic E-state index is 0.00729. The highest BCUT2D eigenvalue weighted by Gasteiger charge is 2.26. The van der Waals surface area contributed by atoms with E-state index in [0.717, 1.165) is 5.56 Å². The first-order valence-corrected chi connectivity index (χ1v) is 10.9. The Kier molecular flexibility index (Phi) is 6.40. The van der Waals surface area contributed by atoms with Crippen LogP contribution in [-0.2, 0) is 21.3 Å². The molecular weight excluding hydrogens is 400 g/mol. The van der Waals surface area contributed by atoms with Crippen molar-refractivity contribution in [2.24, 2.45) is 0 Å². The normalized spacial score (nSPS) is 20.2. The van der Waals surface area contributed by atoms with Crippen molar-refractivity contribution in [3.63, 3.8) is 0 Å². The van der Waals surface area contributed by atoms with Gasteiger partial charge in [0.15, 0.2) is 0 Å². The van der Waals surface area contributed by atoms with Gasteiger partial charge in [-0.25, -0.2) is 13.1 Å².